The molecule has 1 heterocycles. The number of nitrogens with zero attached hydrogens (tertiary/aromatic N) is 2. The summed E-state index contributed by atoms with van der Waals surface area (Å²) >= 11 is 1.54. The Kier molecular flexibility index (Phi) is 4.53. The number of carbonyl (C=O) groups is 1. The van der Waals surface area contributed by atoms with E-state index in [1.54, 1.807) is 11.3 Å². The van der Waals surface area contributed by atoms with Crippen molar-refractivity contribution in [2.75, 3.05) is 0 Å². The molecule has 0 saturated carbocycles. The lowest BCUT2D eigenvalue weighted by Crippen LogP contribution is -2.17. The van der Waals surface area contributed by atoms with Gasteiger partial charge in [-0.2, -0.15) is 4.99 Å². The van der Waals surface area contributed by atoms with Crippen LogP contribution in [0, 0.1) is 6.92 Å². The molecule has 3 aromatic rings. The summed E-state index contributed by atoms with van der Waals surface area (Å²) in [5.74, 6) is -0.127. The first-order valence-electron chi connectivity index (χ1n) is 7.50. The van der Waals surface area contributed by atoms with Crippen molar-refractivity contribution >= 4 is 27.5 Å². The first kappa shape index (κ1) is 15.4. The minimum absolute atomic E-state index is 0.127. The van der Waals surface area contributed by atoms with E-state index in [-0.39, 0.29) is 5.91 Å². The molecule has 0 saturated heterocycles. The minimum Gasteiger partial charge on any atom is -0.312 e. The van der Waals surface area contributed by atoms with Crippen LogP contribution >= 0.6 is 11.3 Å². The molecule has 1 aromatic heterocycles. The van der Waals surface area contributed by atoms with E-state index >= 15 is 0 Å². The summed E-state index contributed by atoms with van der Waals surface area (Å²) in [5, 5.41) is 0. The normalized spacial score (nSPS) is 11.8. The van der Waals surface area contributed by atoms with Crippen LogP contribution in [0.2, 0.25) is 0 Å². The Labute approximate surface area is 139 Å². The van der Waals surface area contributed by atoms with Gasteiger partial charge in [-0.05, 0) is 24.1 Å². The number of rotatable bonds is 4. The van der Waals surface area contributed by atoms with E-state index in [2.05, 4.69) is 35.2 Å². The van der Waals surface area contributed by atoms with Crippen molar-refractivity contribution < 1.29 is 4.79 Å². The Morgan fingerprint density at radius 1 is 1.22 bits per heavy atom. The lowest BCUT2D eigenvalue weighted by molar-refractivity contribution is -0.117. The Hall–Kier alpha value is -2.46. The van der Waals surface area contributed by atoms with E-state index in [0.29, 0.717) is 13.0 Å². The zero-order chi connectivity index (χ0) is 16.2. The number of allylic oxidation sites excluding steroid dienone is 1. The van der Waals surface area contributed by atoms with Crippen LogP contribution in [0.4, 0.5) is 0 Å². The van der Waals surface area contributed by atoms with Gasteiger partial charge in [-0.15, -0.1) is 6.58 Å². The smallest absolute Gasteiger partial charge is 0.252 e. The topological polar surface area (TPSA) is 34.4 Å². The van der Waals surface area contributed by atoms with Gasteiger partial charge in [-0.3, -0.25) is 4.79 Å². The predicted molar refractivity (Wildman–Crippen MR) is 95.5 cm³/mol. The molecule has 0 atom stereocenters. The van der Waals surface area contributed by atoms with E-state index in [4.69, 9.17) is 0 Å². The zero-order valence-electron chi connectivity index (χ0n) is 13.0. The Morgan fingerprint density at radius 3 is 2.74 bits per heavy atom. The second kappa shape index (κ2) is 6.75. The number of carbonyl (C=O) groups excluding carboxylic acids is 1. The van der Waals surface area contributed by atoms with Crippen LogP contribution in [0.1, 0.15) is 11.1 Å². The average molecular weight is 322 g/mol. The maximum absolute atomic E-state index is 12.3. The fourth-order valence-electron chi connectivity index (χ4n) is 2.61. The Balaban J connectivity index is 2.04. The van der Waals surface area contributed by atoms with E-state index in [0.717, 1.165) is 20.6 Å². The second-order valence-corrected chi connectivity index (χ2v) is 6.38. The second-order valence-electron chi connectivity index (χ2n) is 5.37. The quantitative estimate of drug-likeness (QED) is 0.672. The summed E-state index contributed by atoms with van der Waals surface area (Å²) in [6.07, 6.45) is 2.15. The van der Waals surface area contributed by atoms with Gasteiger partial charge in [-0.25, -0.2) is 0 Å². The van der Waals surface area contributed by atoms with Crippen molar-refractivity contribution in [3.8, 4) is 0 Å². The van der Waals surface area contributed by atoms with Crippen LogP contribution in [-0.4, -0.2) is 10.5 Å². The first-order chi connectivity index (χ1) is 11.2. The number of amides is 1. The third-order valence-corrected chi connectivity index (χ3v) is 4.68. The molecule has 116 valence electrons. The van der Waals surface area contributed by atoms with Gasteiger partial charge in [0.15, 0.2) is 4.80 Å². The van der Waals surface area contributed by atoms with Gasteiger partial charge in [0.05, 0.1) is 16.6 Å². The number of hydrogen-bond donors (Lipinski definition) is 0. The van der Waals surface area contributed by atoms with Crippen molar-refractivity contribution in [2.45, 2.75) is 19.9 Å². The van der Waals surface area contributed by atoms with E-state index < -0.39 is 0 Å². The highest BCUT2D eigenvalue weighted by molar-refractivity contribution is 7.16. The maximum Gasteiger partial charge on any atom is 0.252 e. The zero-order valence-corrected chi connectivity index (χ0v) is 13.8. The summed E-state index contributed by atoms with van der Waals surface area (Å²) in [7, 11) is 0. The number of benzene rings is 2. The molecule has 3 rings (SSSR count). The molecule has 2 aromatic carbocycles. The molecule has 0 bridgehead atoms. The summed E-state index contributed by atoms with van der Waals surface area (Å²) in [6.45, 7) is 6.53. The molecule has 0 aliphatic carbocycles. The number of para-hydroxylation sites is 1. The molecule has 0 fully saturated rings. The molecule has 23 heavy (non-hydrogen) atoms. The third-order valence-electron chi connectivity index (χ3n) is 3.63. The van der Waals surface area contributed by atoms with Gasteiger partial charge in [0, 0.05) is 6.54 Å². The molecule has 0 aliphatic rings. The maximum atomic E-state index is 12.3. The first-order valence-corrected chi connectivity index (χ1v) is 8.32. The van der Waals surface area contributed by atoms with Gasteiger partial charge >= 0.3 is 0 Å². The predicted octanol–water partition coefficient (Wildman–Crippen LogP) is 3.87. The van der Waals surface area contributed by atoms with Crippen LogP contribution in [0.25, 0.3) is 10.2 Å². The van der Waals surface area contributed by atoms with Crippen molar-refractivity contribution in [1.29, 1.82) is 0 Å². The van der Waals surface area contributed by atoms with Crippen molar-refractivity contribution in [2.24, 2.45) is 4.99 Å². The highest BCUT2D eigenvalue weighted by atomic mass is 32.1. The number of aromatic nitrogens is 1. The van der Waals surface area contributed by atoms with Crippen molar-refractivity contribution in [3.63, 3.8) is 0 Å². The SMILES string of the molecule is C=CCn1c(=NC(=O)Cc2ccccc2)sc2cccc(C)c21. The minimum atomic E-state index is -0.127. The monoisotopic (exact) mass is 322 g/mol. The molecular formula is C19H18N2OS. The lowest BCUT2D eigenvalue weighted by atomic mass is 10.1. The molecule has 0 aliphatic heterocycles. The lowest BCUT2D eigenvalue weighted by Gasteiger charge is -2.03. The van der Waals surface area contributed by atoms with Crippen LogP contribution in [0.3, 0.4) is 0 Å². The summed E-state index contributed by atoms with van der Waals surface area (Å²) in [5.41, 5.74) is 3.29. The molecule has 4 heteroatoms. The van der Waals surface area contributed by atoms with Gasteiger partial charge < -0.3 is 4.57 Å². The van der Waals surface area contributed by atoms with Crippen LogP contribution in [0.5, 0.6) is 0 Å². The van der Waals surface area contributed by atoms with Crippen LogP contribution in [0.15, 0.2) is 66.2 Å². The number of aryl methyl sites for hydroxylation is 1. The van der Waals surface area contributed by atoms with Crippen LogP contribution in [-0.2, 0) is 17.8 Å². The summed E-state index contributed by atoms with van der Waals surface area (Å²) in [4.78, 5) is 17.4. The van der Waals surface area contributed by atoms with Crippen molar-refractivity contribution in [1.82, 2.24) is 4.57 Å². The van der Waals surface area contributed by atoms with Gasteiger partial charge in [-0.1, -0.05) is 59.9 Å². The van der Waals surface area contributed by atoms with Gasteiger partial charge in [0.2, 0.25) is 0 Å². The molecule has 0 spiro atoms. The summed E-state index contributed by atoms with van der Waals surface area (Å²) < 4.78 is 3.20. The highest BCUT2D eigenvalue weighted by Gasteiger charge is 2.09. The molecule has 3 nitrogen and oxygen atoms in total. The third kappa shape index (κ3) is 3.32. The molecule has 0 radical (unpaired) electrons. The molecule has 0 unspecified atom stereocenters. The highest BCUT2D eigenvalue weighted by Crippen LogP contribution is 2.20. The molecular weight excluding hydrogens is 304 g/mol. The van der Waals surface area contributed by atoms with Crippen molar-refractivity contribution in [3.05, 3.63) is 77.1 Å². The Morgan fingerprint density at radius 2 is 2.00 bits per heavy atom. The summed E-state index contributed by atoms with van der Waals surface area (Å²) in [6, 6.07) is 15.9. The Bertz CT molecular complexity index is 919. The van der Waals surface area contributed by atoms with Gasteiger partial charge in [0.1, 0.15) is 0 Å². The standard InChI is InChI=1S/C19H18N2OS/c1-3-12-21-18-14(2)8-7-11-16(18)23-19(21)20-17(22)13-15-9-5-4-6-10-15/h3-11H,1,12-13H2,2H3. The average Bonchev–Trinajstić information content (AvgIpc) is 2.87. The fourth-order valence-corrected chi connectivity index (χ4v) is 3.74. The number of thiazole rings is 1. The molecule has 0 N–H and O–H groups in total. The van der Waals surface area contributed by atoms with E-state index in [1.165, 1.54) is 5.56 Å². The van der Waals surface area contributed by atoms with E-state index in [1.807, 2.05) is 42.5 Å². The fraction of sp³-hybridized carbons (Fsp3) is 0.158. The van der Waals surface area contributed by atoms with E-state index in [9.17, 15) is 4.79 Å². The number of fused-ring (bicyclic) bond motifs is 1. The number of hydrogen-bond acceptors (Lipinski definition) is 2. The largest absolute Gasteiger partial charge is 0.312 e. The molecule has 1 amide bonds. The van der Waals surface area contributed by atoms with Crippen LogP contribution < -0.4 is 4.80 Å². The van der Waals surface area contributed by atoms with Gasteiger partial charge in [0.25, 0.3) is 5.91 Å².